The zero-order chi connectivity index (χ0) is 11.1. The Morgan fingerprint density at radius 3 is 2.93 bits per heavy atom. The Labute approximate surface area is 90.3 Å². The van der Waals surface area contributed by atoms with Crippen LogP contribution in [-0.4, -0.2) is 29.7 Å². The van der Waals surface area contributed by atoms with E-state index < -0.39 is 5.60 Å². The first-order valence-electron chi connectivity index (χ1n) is 5.41. The number of hydrogen-bond donors (Lipinski definition) is 1. The molecule has 0 radical (unpaired) electrons. The van der Waals surface area contributed by atoms with Crippen molar-refractivity contribution in [3.05, 3.63) is 11.9 Å². The van der Waals surface area contributed by atoms with E-state index in [0.29, 0.717) is 5.92 Å². The number of nitrogens with zero attached hydrogens (tertiary/aromatic N) is 1. The highest BCUT2D eigenvalue weighted by Gasteiger charge is 2.33. The van der Waals surface area contributed by atoms with Crippen LogP contribution < -0.4 is 5.32 Å². The molecule has 0 spiro atoms. The van der Waals surface area contributed by atoms with E-state index in [9.17, 15) is 4.79 Å². The number of ether oxygens (including phenoxy) is 1. The maximum Gasteiger partial charge on any atom is 0.414 e. The zero-order valence-corrected chi connectivity index (χ0v) is 9.54. The van der Waals surface area contributed by atoms with Crippen molar-refractivity contribution in [2.24, 2.45) is 5.92 Å². The van der Waals surface area contributed by atoms with Gasteiger partial charge in [-0.05, 0) is 27.2 Å². The molecule has 1 unspecified atom stereocenters. The Morgan fingerprint density at radius 2 is 2.33 bits per heavy atom. The minimum atomic E-state index is -0.416. The summed E-state index contributed by atoms with van der Waals surface area (Å²) in [4.78, 5) is 13.4. The van der Waals surface area contributed by atoms with Crippen LogP contribution in [0, 0.1) is 5.92 Å². The van der Waals surface area contributed by atoms with Gasteiger partial charge in [-0.2, -0.15) is 0 Å². The first kappa shape index (κ1) is 10.3. The lowest BCUT2D eigenvalue weighted by Crippen LogP contribution is -2.33. The smallest absolute Gasteiger partial charge is 0.414 e. The van der Waals surface area contributed by atoms with E-state index >= 15 is 0 Å². The monoisotopic (exact) mass is 210 g/mol. The highest BCUT2D eigenvalue weighted by atomic mass is 16.6. The number of hydrogen-bond acceptors (Lipinski definition) is 3. The molecule has 0 aromatic rings. The van der Waals surface area contributed by atoms with Gasteiger partial charge >= 0.3 is 6.09 Å². The summed E-state index contributed by atoms with van der Waals surface area (Å²) in [7, 11) is 0. The molecule has 84 valence electrons. The van der Waals surface area contributed by atoms with Gasteiger partial charge in [0.1, 0.15) is 5.60 Å². The predicted molar refractivity (Wildman–Crippen MR) is 57.1 cm³/mol. The van der Waals surface area contributed by atoms with Gasteiger partial charge in [0.25, 0.3) is 0 Å². The second-order valence-electron chi connectivity index (χ2n) is 5.13. The molecule has 1 saturated heterocycles. The summed E-state index contributed by atoms with van der Waals surface area (Å²) in [6.07, 6.45) is 2.75. The van der Waals surface area contributed by atoms with Gasteiger partial charge in [0.05, 0.1) is 0 Å². The second kappa shape index (κ2) is 3.43. The van der Waals surface area contributed by atoms with Gasteiger partial charge in [0.2, 0.25) is 0 Å². The van der Waals surface area contributed by atoms with Crippen LogP contribution in [0.2, 0.25) is 0 Å². The van der Waals surface area contributed by atoms with Gasteiger partial charge in [0.15, 0.2) is 0 Å². The highest BCUT2D eigenvalue weighted by molar-refractivity contribution is 5.70. The molecule has 1 fully saturated rings. The Bertz CT molecular complexity index is 304. The summed E-state index contributed by atoms with van der Waals surface area (Å²) in [6.45, 7) is 7.43. The van der Waals surface area contributed by atoms with E-state index in [1.807, 2.05) is 27.0 Å². The molecule has 2 rings (SSSR count). The van der Waals surface area contributed by atoms with E-state index in [4.69, 9.17) is 4.74 Å². The molecule has 1 atom stereocenters. The van der Waals surface area contributed by atoms with Crippen molar-refractivity contribution in [3.63, 3.8) is 0 Å². The Hall–Kier alpha value is -1.19. The fourth-order valence-corrected chi connectivity index (χ4v) is 1.94. The molecule has 0 aliphatic carbocycles. The van der Waals surface area contributed by atoms with Gasteiger partial charge in [-0.1, -0.05) is 0 Å². The number of carbonyl (C=O) groups is 1. The molecule has 0 bridgehead atoms. The first-order chi connectivity index (χ1) is 6.96. The van der Waals surface area contributed by atoms with E-state index in [1.54, 1.807) is 4.90 Å². The van der Waals surface area contributed by atoms with Crippen molar-refractivity contribution >= 4 is 6.09 Å². The van der Waals surface area contributed by atoms with Crippen molar-refractivity contribution in [2.45, 2.75) is 32.8 Å². The summed E-state index contributed by atoms with van der Waals surface area (Å²) in [5.74, 6) is 0.498. The summed E-state index contributed by atoms with van der Waals surface area (Å²) in [5.41, 5.74) is 0.765. The van der Waals surface area contributed by atoms with Gasteiger partial charge in [-0.3, -0.25) is 4.90 Å². The van der Waals surface area contributed by atoms with Crippen LogP contribution in [0.3, 0.4) is 0 Å². The van der Waals surface area contributed by atoms with Crippen LogP contribution in [0.5, 0.6) is 0 Å². The standard InChI is InChI=1S/C11H18N2O2/c1-11(2,3)15-10(14)13-6-8-4-5-12-9(8)7-13/h7-8,12H,4-6H2,1-3H3. The number of nitrogens with one attached hydrogen (secondary N) is 1. The lowest BCUT2D eigenvalue weighted by atomic mass is 10.1. The van der Waals surface area contributed by atoms with E-state index in [0.717, 1.165) is 19.5 Å². The normalized spacial score (nSPS) is 24.6. The van der Waals surface area contributed by atoms with Crippen molar-refractivity contribution in [1.82, 2.24) is 10.2 Å². The topological polar surface area (TPSA) is 41.6 Å². The van der Waals surface area contributed by atoms with Crippen molar-refractivity contribution in [3.8, 4) is 0 Å². The predicted octanol–water partition coefficient (Wildman–Crippen LogP) is 1.69. The van der Waals surface area contributed by atoms with Gasteiger partial charge in [-0.15, -0.1) is 0 Å². The molecule has 4 heteroatoms. The minimum absolute atomic E-state index is 0.244. The molecule has 2 aliphatic rings. The molecule has 1 N–H and O–H groups in total. The van der Waals surface area contributed by atoms with Crippen molar-refractivity contribution < 1.29 is 9.53 Å². The third kappa shape index (κ3) is 2.25. The number of fused-ring (bicyclic) bond motifs is 1. The fraction of sp³-hybridized carbons (Fsp3) is 0.727. The third-order valence-corrected chi connectivity index (χ3v) is 2.60. The molecule has 15 heavy (non-hydrogen) atoms. The summed E-state index contributed by atoms with van der Waals surface area (Å²) < 4.78 is 5.30. The maximum absolute atomic E-state index is 11.7. The van der Waals surface area contributed by atoms with E-state index in [2.05, 4.69) is 5.32 Å². The second-order valence-corrected chi connectivity index (χ2v) is 5.13. The van der Waals surface area contributed by atoms with Gasteiger partial charge in [-0.25, -0.2) is 4.79 Å². The van der Waals surface area contributed by atoms with Crippen LogP contribution in [0.25, 0.3) is 0 Å². The molecule has 0 saturated carbocycles. The van der Waals surface area contributed by atoms with Crippen molar-refractivity contribution in [1.29, 1.82) is 0 Å². The van der Waals surface area contributed by atoms with Crippen LogP contribution >= 0.6 is 0 Å². The van der Waals surface area contributed by atoms with Crippen molar-refractivity contribution in [2.75, 3.05) is 13.1 Å². The van der Waals surface area contributed by atoms with Crippen LogP contribution in [0.1, 0.15) is 27.2 Å². The molecule has 4 nitrogen and oxygen atoms in total. The van der Waals surface area contributed by atoms with Gasteiger partial charge in [0, 0.05) is 30.9 Å². The van der Waals surface area contributed by atoms with Crippen LogP contribution in [0.4, 0.5) is 4.79 Å². The largest absolute Gasteiger partial charge is 0.443 e. The number of carbonyl (C=O) groups excluding carboxylic acids is 1. The maximum atomic E-state index is 11.7. The third-order valence-electron chi connectivity index (χ3n) is 2.60. The Balaban J connectivity index is 1.97. The number of amides is 1. The summed E-state index contributed by atoms with van der Waals surface area (Å²) >= 11 is 0. The lowest BCUT2D eigenvalue weighted by Gasteiger charge is -2.23. The quantitative estimate of drug-likeness (QED) is 0.661. The molecule has 0 aromatic carbocycles. The van der Waals surface area contributed by atoms with Crippen LogP contribution in [-0.2, 0) is 4.74 Å². The average Bonchev–Trinajstić information content (AvgIpc) is 2.56. The molecule has 1 amide bonds. The molecule has 2 aliphatic heterocycles. The summed E-state index contributed by atoms with van der Waals surface area (Å²) in [5, 5.41) is 3.28. The summed E-state index contributed by atoms with van der Waals surface area (Å²) in [6, 6.07) is 0. The Kier molecular flexibility index (Phi) is 2.37. The van der Waals surface area contributed by atoms with E-state index in [1.165, 1.54) is 5.70 Å². The Morgan fingerprint density at radius 1 is 1.60 bits per heavy atom. The van der Waals surface area contributed by atoms with E-state index in [-0.39, 0.29) is 6.09 Å². The van der Waals surface area contributed by atoms with Gasteiger partial charge < -0.3 is 10.1 Å². The SMILES string of the molecule is CC(C)(C)OC(=O)N1C=C2NCCC2C1. The molecule has 2 heterocycles. The lowest BCUT2D eigenvalue weighted by molar-refractivity contribution is 0.0338. The zero-order valence-electron chi connectivity index (χ0n) is 9.54. The van der Waals surface area contributed by atoms with Crippen LogP contribution in [0.15, 0.2) is 11.9 Å². The average molecular weight is 210 g/mol. The number of rotatable bonds is 0. The fourth-order valence-electron chi connectivity index (χ4n) is 1.94. The first-order valence-corrected chi connectivity index (χ1v) is 5.41. The molecular weight excluding hydrogens is 192 g/mol. The highest BCUT2D eigenvalue weighted by Crippen LogP contribution is 2.27. The molecule has 0 aromatic heterocycles. The molecular formula is C11H18N2O2. The minimum Gasteiger partial charge on any atom is -0.443 e.